The van der Waals surface area contributed by atoms with Crippen LogP contribution in [0.5, 0.6) is 11.5 Å². The van der Waals surface area contributed by atoms with Gasteiger partial charge in [0.05, 0.1) is 29.2 Å². The van der Waals surface area contributed by atoms with Crippen LogP contribution in [0.1, 0.15) is 0 Å². The van der Waals surface area contributed by atoms with Crippen molar-refractivity contribution in [3.63, 3.8) is 0 Å². The fraction of sp³-hybridized carbons (Fsp3) is 0.176. The minimum atomic E-state index is -0.553. The van der Waals surface area contributed by atoms with E-state index in [4.69, 9.17) is 32.7 Å². The van der Waals surface area contributed by atoms with Crippen molar-refractivity contribution in [1.29, 1.82) is 0 Å². The van der Waals surface area contributed by atoms with Gasteiger partial charge in [0.1, 0.15) is 18.8 Å². The lowest BCUT2D eigenvalue weighted by Gasteiger charge is -2.13. The van der Waals surface area contributed by atoms with Crippen molar-refractivity contribution in [2.45, 2.75) is 0 Å². The SMILES string of the molecule is COc1cc2ncnc(Nc3cccc(Cl)c3F)c2cc1OCCCl. The molecule has 5 nitrogen and oxygen atoms in total. The Morgan fingerprint density at radius 2 is 2.04 bits per heavy atom. The Bertz CT molecular complexity index is 908. The molecule has 0 fully saturated rings. The summed E-state index contributed by atoms with van der Waals surface area (Å²) in [5, 5.41) is 3.61. The lowest BCUT2D eigenvalue weighted by atomic mass is 10.2. The van der Waals surface area contributed by atoms with E-state index in [9.17, 15) is 4.39 Å². The summed E-state index contributed by atoms with van der Waals surface area (Å²) in [6.45, 7) is 0.322. The number of halogens is 3. The number of hydrogen-bond acceptors (Lipinski definition) is 5. The molecule has 0 saturated carbocycles. The van der Waals surface area contributed by atoms with Gasteiger partial charge in [-0.05, 0) is 18.2 Å². The first-order valence-electron chi connectivity index (χ1n) is 7.36. The highest BCUT2D eigenvalue weighted by Crippen LogP contribution is 2.35. The second-order valence-electron chi connectivity index (χ2n) is 5.01. The summed E-state index contributed by atoms with van der Waals surface area (Å²) in [6.07, 6.45) is 1.38. The van der Waals surface area contributed by atoms with Crippen LogP contribution in [0.2, 0.25) is 5.02 Å². The number of nitrogens with zero attached hydrogens (tertiary/aromatic N) is 2. The van der Waals surface area contributed by atoms with E-state index in [1.165, 1.54) is 19.5 Å². The third-order valence-electron chi connectivity index (χ3n) is 3.46. The molecule has 0 aliphatic carbocycles. The lowest BCUT2D eigenvalue weighted by Crippen LogP contribution is -2.02. The number of fused-ring (bicyclic) bond motifs is 1. The van der Waals surface area contributed by atoms with E-state index >= 15 is 0 Å². The lowest BCUT2D eigenvalue weighted by molar-refractivity contribution is 0.313. The monoisotopic (exact) mass is 381 g/mol. The number of benzene rings is 2. The maximum absolute atomic E-state index is 14.2. The molecule has 8 heteroatoms. The zero-order valence-electron chi connectivity index (χ0n) is 13.2. The molecule has 1 N–H and O–H groups in total. The van der Waals surface area contributed by atoms with Gasteiger partial charge in [0.2, 0.25) is 0 Å². The van der Waals surface area contributed by atoms with Crippen molar-refractivity contribution in [1.82, 2.24) is 9.97 Å². The summed E-state index contributed by atoms with van der Waals surface area (Å²) >= 11 is 11.5. The maximum Gasteiger partial charge on any atom is 0.165 e. The summed E-state index contributed by atoms with van der Waals surface area (Å²) in [5.41, 5.74) is 0.835. The highest BCUT2D eigenvalue weighted by atomic mass is 35.5. The van der Waals surface area contributed by atoms with Crippen molar-refractivity contribution < 1.29 is 13.9 Å². The predicted molar refractivity (Wildman–Crippen MR) is 97.0 cm³/mol. The van der Waals surface area contributed by atoms with Crippen LogP contribution in [0, 0.1) is 5.82 Å². The third kappa shape index (κ3) is 3.70. The number of ether oxygens (including phenoxy) is 2. The molecule has 1 aromatic heterocycles. The molecule has 0 amide bonds. The van der Waals surface area contributed by atoms with Crippen LogP contribution in [0.15, 0.2) is 36.7 Å². The Kier molecular flexibility index (Phi) is 5.40. The van der Waals surface area contributed by atoms with Crippen LogP contribution in [-0.2, 0) is 0 Å². The smallest absolute Gasteiger partial charge is 0.165 e. The first-order chi connectivity index (χ1) is 12.1. The Morgan fingerprint density at radius 3 is 2.80 bits per heavy atom. The second-order valence-corrected chi connectivity index (χ2v) is 5.79. The van der Waals surface area contributed by atoms with E-state index in [-0.39, 0.29) is 10.7 Å². The minimum absolute atomic E-state index is 0.0242. The van der Waals surface area contributed by atoms with Gasteiger partial charge in [0.25, 0.3) is 0 Å². The summed E-state index contributed by atoms with van der Waals surface area (Å²) < 4.78 is 25.1. The average Bonchev–Trinajstić information content (AvgIpc) is 2.63. The van der Waals surface area contributed by atoms with Crippen molar-refractivity contribution in [2.24, 2.45) is 0 Å². The van der Waals surface area contributed by atoms with Gasteiger partial charge < -0.3 is 14.8 Å². The predicted octanol–water partition coefficient (Wildman–Crippen LogP) is 4.79. The molecule has 0 unspecified atom stereocenters. The van der Waals surface area contributed by atoms with E-state index in [1.807, 2.05) is 0 Å². The van der Waals surface area contributed by atoms with E-state index in [0.29, 0.717) is 40.7 Å². The van der Waals surface area contributed by atoms with Gasteiger partial charge in [-0.1, -0.05) is 17.7 Å². The molecule has 0 bridgehead atoms. The molecular weight excluding hydrogens is 368 g/mol. The number of anilines is 2. The second kappa shape index (κ2) is 7.72. The van der Waals surface area contributed by atoms with Gasteiger partial charge in [-0.25, -0.2) is 14.4 Å². The molecule has 0 saturated heterocycles. The minimum Gasteiger partial charge on any atom is -0.493 e. The summed E-state index contributed by atoms with van der Waals surface area (Å²) in [6, 6.07) is 8.15. The summed E-state index contributed by atoms with van der Waals surface area (Å²) in [7, 11) is 1.54. The Labute approximate surface area is 153 Å². The van der Waals surface area contributed by atoms with Crippen molar-refractivity contribution in [3.05, 3.63) is 47.5 Å². The number of nitrogens with one attached hydrogen (secondary N) is 1. The van der Waals surface area contributed by atoms with Gasteiger partial charge in [0, 0.05) is 11.5 Å². The van der Waals surface area contributed by atoms with E-state index < -0.39 is 5.82 Å². The molecule has 3 aromatic rings. The molecule has 0 spiro atoms. The van der Waals surface area contributed by atoms with Crippen LogP contribution in [0.25, 0.3) is 10.9 Å². The molecule has 130 valence electrons. The highest BCUT2D eigenvalue weighted by Gasteiger charge is 2.13. The van der Waals surface area contributed by atoms with Gasteiger partial charge in [-0.2, -0.15) is 0 Å². The maximum atomic E-state index is 14.2. The standard InChI is InChI=1S/C17H14Cl2FN3O2/c1-24-14-8-13-10(7-15(14)25-6-5-18)17(22-9-21-13)23-12-4-2-3-11(19)16(12)20/h2-4,7-9H,5-6H2,1H3,(H,21,22,23). The van der Waals surface area contributed by atoms with Crippen molar-refractivity contribution >= 4 is 45.6 Å². The van der Waals surface area contributed by atoms with Crippen LogP contribution >= 0.6 is 23.2 Å². The van der Waals surface area contributed by atoms with E-state index in [0.717, 1.165) is 0 Å². The number of methoxy groups -OCH3 is 1. The van der Waals surface area contributed by atoms with Gasteiger partial charge in [-0.15, -0.1) is 11.6 Å². The van der Waals surface area contributed by atoms with Crippen LogP contribution < -0.4 is 14.8 Å². The van der Waals surface area contributed by atoms with Crippen LogP contribution in [-0.4, -0.2) is 29.6 Å². The Hall–Kier alpha value is -2.31. The highest BCUT2D eigenvalue weighted by molar-refractivity contribution is 6.31. The van der Waals surface area contributed by atoms with Gasteiger partial charge in [0.15, 0.2) is 17.3 Å². The molecule has 25 heavy (non-hydrogen) atoms. The number of aromatic nitrogens is 2. The van der Waals surface area contributed by atoms with E-state index in [2.05, 4.69) is 15.3 Å². The first-order valence-corrected chi connectivity index (χ1v) is 8.28. The zero-order chi connectivity index (χ0) is 17.8. The molecule has 3 rings (SSSR count). The van der Waals surface area contributed by atoms with Gasteiger partial charge in [-0.3, -0.25) is 0 Å². The van der Waals surface area contributed by atoms with Gasteiger partial charge >= 0.3 is 0 Å². The Balaban J connectivity index is 2.07. The average molecular weight is 382 g/mol. The molecule has 1 heterocycles. The fourth-order valence-corrected chi connectivity index (χ4v) is 2.56. The zero-order valence-corrected chi connectivity index (χ0v) is 14.7. The number of hydrogen-bond donors (Lipinski definition) is 1. The van der Waals surface area contributed by atoms with Crippen LogP contribution in [0.4, 0.5) is 15.9 Å². The van der Waals surface area contributed by atoms with E-state index in [1.54, 1.807) is 24.3 Å². The molecule has 0 atom stereocenters. The van der Waals surface area contributed by atoms with Crippen molar-refractivity contribution in [3.8, 4) is 11.5 Å². The molecule has 0 aliphatic rings. The largest absolute Gasteiger partial charge is 0.493 e. The normalized spacial score (nSPS) is 10.7. The topological polar surface area (TPSA) is 56.3 Å². The summed E-state index contributed by atoms with van der Waals surface area (Å²) in [4.78, 5) is 8.42. The quantitative estimate of drug-likeness (QED) is 0.621. The molecule has 0 aliphatic heterocycles. The molecule has 2 aromatic carbocycles. The number of alkyl halides is 1. The third-order valence-corrected chi connectivity index (χ3v) is 3.91. The molecule has 0 radical (unpaired) electrons. The van der Waals surface area contributed by atoms with Crippen molar-refractivity contribution in [2.75, 3.05) is 24.9 Å². The number of rotatable bonds is 6. The first kappa shape index (κ1) is 17.5. The Morgan fingerprint density at radius 1 is 1.20 bits per heavy atom. The summed E-state index contributed by atoms with van der Waals surface area (Å²) in [5.74, 6) is 1.23. The molecular formula is C17H14Cl2FN3O2. The van der Waals surface area contributed by atoms with Crippen LogP contribution in [0.3, 0.4) is 0 Å². The fourth-order valence-electron chi connectivity index (χ4n) is 2.31.